The van der Waals surface area contributed by atoms with Crippen LogP contribution in [-0.4, -0.2) is 51.5 Å². The van der Waals surface area contributed by atoms with E-state index in [1.165, 1.54) is 0 Å². The van der Waals surface area contributed by atoms with E-state index in [2.05, 4.69) is 10.4 Å². The molecule has 4 aromatic rings. The standard InChI is InChI=1S/C29H26F3N5O4/c30-29(31,32)28(40)41-37(15-4-1-5-16-37)18-20-7-2-3-9-23(20)27(39)34-21-11-13-22(14-12-21)36-17-19-8-6-10-24(26(33)38)25(19)35-36/h2-3,6-14,17H,1,4-5,15-16,18H2,(H2-,33,34,38,39)/p+1. The van der Waals surface area contributed by atoms with Gasteiger partial charge < -0.3 is 11.1 Å². The number of nitrogens with two attached hydrogens (primary N) is 1. The van der Waals surface area contributed by atoms with Crippen LogP contribution in [0.2, 0.25) is 0 Å². The predicted octanol–water partition coefficient (Wildman–Crippen LogP) is 4.90. The number of carbonyl (C=O) groups is 3. The van der Waals surface area contributed by atoms with Gasteiger partial charge in [-0.15, -0.1) is 4.65 Å². The van der Waals surface area contributed by atoms with Crippen molar-refractivity contribution in [1.29, 1.82) is 0 Å². The lowest BCUT2D eigenvalue weighted by Gasteiger charge is -2.37. The summed E-state index contributed by atoms with van der Waals surface area (Å²) in [6.07, 6.45) is -1.33. The number of piperidine rings is 1. The number of hydroxylamine groups is 3. The van der Waals surface area contributed by atoms with Crippen molar-refractivity contribution in [2.75, 3.05) is 18.4 Å². The maximum absolute atomic E-state index is 13.3. The van der Waals surface area contributed by atoms with Gasteiger partial charge in [-0.25, -0.2) is 9.48 Å². The number of fused-ring (bicyclic) bond motifs is 1. The van der Waals surface area contributed by atoms with Crippen LogP contribution >= 0.6 is 0 Å². The van der Waals surface area contributed by atoms with E-state index in [9.17, 15) is 27.6 Å². The number of nitrogens with one attached hydrogen (secondary N) is 1. The molecule has 1 aliphatic heterocycles. The Morgan fingerprint density at radius 2 is 1.61 bits per heavy atom. The Morgan fingerprint density at radius 1 is 0.927 bits per heavy atom. The van der Waals surface area contributed by atoms with Gasteiger partial charge in [-0.3, -0.25) is 14.4 Å². The number of benzene rings is 3. The molecular formula is C29H27F3N5O4+. The first-order chi connectivity index (χ1) is 19.5. The Hall–Kier alpha value is -4.71. The summed E-state index contributed by atoms with van der Waals surface area (Å²) in [6.45, 7) is 0.385. The van der Waals surface area contributed by atoms with E-state index in [-0.39, 0.29) is 25.2 Å². The average molecular weight is 567 g/mol. The number of primary amides is 1. The second-order valence-electron chi connectivity index (χ2n) is 9.94. The minimum absolute atomic E-state index is 0.0650. The average Bonchev–Trinajstić information content (AvgIpc) is 3.38. The van der Waals surface area contributed by atoms with E-state index in [0.717, 1.165) is 11.8 Å². The van der Waals surface area contributed by atoms with Gasteiger partial charge in [0.2, 0.25) is 0 Å². The van der Waals surface area contributed by atoms with Gasteiger partial charge in [0.05, 0.1) is 11.3 Å². The van der Waals surface area contributed by atoms with Crippen LogP contribution in [0.25, 0.3) is 16.6 Å². The van der Waals surface area contributed by atoms with Crippen LogP contribution in [0.15, 0.2) is 72.9 Å². The maximum Gasteiger partial charge on any atom is 0.497 e. The van der Waals surface area contributed by atoms with E-state index in [1.54, 1.807) is 71.5 Å². The Labute approximate surface area is 232 Å². The minimum Gasteiger partial charge on any atom is -0.366 e. The zero-order chi connectivity index (χ0) is 29.2. The number of likely N-dealkylation sites (tertiary alicyclic amines) is 1. The number of amides is 2. The Morgan fingerprint density at radius 3 is 2.29 bits per heavy atom. The molecule has 3 N–H and O–H groups in total. The van der Waals surface area contributed by atoms with Gasteiger partial charge in [0.1, 0.15) is 25.2 Å². The highest BCUT2D eigenvalue weighted by molar-refractivity contribution is 6.05. The number of hydrogen-bond acceptors (Lipinski definition) is 5. The highest BCUT2D eigenvalue weighted by atomic mass is 19.4. The lowest BCUT2D eigenvalue weighted by atomic mass is 10.0. The molecule has 1 aromatic heterocycles. The summed E-state index contributed by atoms with van der Waals surface area (Å²) in [7, 11) is 0. The molecule has 0 bridgehead atoms. The molecule has 0 unspecified atom stereocenters. The highest BCUT2D eigenvalue weighted by Crippen LogP contribution is 2.29. The van der Waals surface area contributed by atoms with Crippen molar-refractivity contribution in [3.8, 4) is 5.69 Å². The third kappa shape index (κ3) is 6.07. The Kier molecular flexibility index (Phi) is 7.50. The number of halogens is 3. The fourth-order valence-electron chi connectivity index (χ4n) is 5.06. The second kappa shape index (κ2) is 11.0. The van der Waals surface area contributed by atoms with Gasteiger partial charge in [0.15, 0.2) is 0 Å². The molecule has 212 valence electrons. The summed E-state index contributed by atoms with van der Waals surface area (Å²) >= 11 is 0. The van der Waals surface area contributed by atoms with Crippen LogP contribution in [-0.2, 0) is 16.2 Å². The summed E-state index contributed by atoms with van der Waals surface area (Å²) in [5.41, 5.74) is 8.13. The van der Waals surface area contributed by atoms with Gasteiger partial charge in [-0.2, -0.15) is 18.3 Å². The van der Waals surface area contributed by atoms with Crippen molar-refractivity contribution in [3.05, 3.63) is 89.6 Å². The zero-order valence-corrected chi connectivity index (χ0v) is 21.9. The number of anilines is 1. The van der Waals surface area contributed by atoms with Gasteiger partial charge in [0.25, 0.3) is 11.8 Å². The largest absolute Gasteiger partial charge is 0.497 e. The van der Waals surface area contributed by atoms with E-state index in [0.29, 0.717) is 40.9 Å². The monoisotopic (exact) mass is 566 g/mol. The summed E-state index contributed by atoms with van der Waals surface area (Å²) in [5, 5.41) is 8.03. The quantitative estimate of drug-likeness (QED) is 0.309. The van der Waals surface area contributed by atoms with Crippen LogP contribution < -0.4 is 11.1 Å². The van der Waals surface area contributed by atoms with Crippen molar-refractivity contribution in [1.82, 2.24) is 9.78 Å². The molecule has 2 heterocycles. The van der Waals surface area contributed by atoms with Gasteiger partial charge in [-0.1, -0.05) is 30.3 Å². The molecule has 1 aliphatic rings. The van der Waals surface area contributed by atoms with Crippen LogP contribution in [0.5, 0.6) is 0 Å². The second-order valence-corrected chi connectivity index (χ2v) is 9.94. The summed E-state index contributed by atoms with van der Waals surface area (Å²) in [5.74, 6) is -3.27. The molecule has 0 saturated carbocycles. The first kappa shape index (κ1) is 27.8. The lowest BCUT2D eigenvalue weighted by molar-refractivity contribution is -1.10. The fraction of sp³-hybridized carbons (Fsp3) is 0.241. The summed E-state index contributed by atoms with van der Waals surface area (Å²) in [6, 6.07) is 18.6. The molecule has 0 radical (unpaired) electrons. The first-order valence-electron chi connectivity index (χ1n) is 13.0. The van der Waals surface area contributed by atoms with Crippen molar-refractivity contribution < 1.29 is 37.0 Å². The summed E-state index contributed by atoms with van der Waals surface area (Å²) < 4.78 is 40.2. The number of hydrogen-bond donors (Lipinski definition) is 2. The molecule has 2 amide bonds. The molecule has 1 fully saturated rings. The molecule has 12 heteroatoms. The van der Waals surface area contributed by atoms with Crippen molar-refractivity contribution in [3.63, 3.8) is 0 Å². The minimum atomic E-state index is -5.11. The van der Waals surface area contributed by atoms with E-state index in [1.807, 2.05) is 6.07 Å². The van der Waals surface area contributed by atoms with Gasteiger partial charge >= 0.3 is 12.1 Å². The zero-order valence-electron chi connectivity index (χ0n) is 21.9. The van der Waals surface area contributed by atoms with Gasteiger partial charge in [0, 0.05) is 41.2 Å². The smallest absolute Gasteiger partial charge is 0.366 e. The number of nitrogens with zero attached hydrogens (tertiary/aromatic N) is 3. The number of aromatic nitrogens is 2. The first-order valence-corrected chi connectivity index (χ1v) is 13.0. The van der Waals surface area contributed by atoms with Crippen molar-refractivity contribution >= 4 is 34.4 Å². The topological polar surface area (TPSA) is 116 Å². The number of quaternary nitrogens is 1. The number of alkyl halides is 3. The van der Waals surface area contributed by atoms with Crippen LogP contribution in [0.4, 0.5) is 18.9 Å². The molecule has 0 atom stereocenters. The Balaban J connectivity index is 1.34. The third-order valence-corrected chi connectivity index (χ3v) is 7.05. The molecule has 9 nitrogen and oxygen atoms in total. The summed E-state index contributed by atoms with van der Waals surface area (Å²) in [4.78, 5) is 41.8. The van der Waals surface area contributed by atoms with E-state index < -0.39 is 28.6 Å². The van der Waals surface area contributed by atoms with Crippen LogP contribution in [0.1, 0.15) is 45.5 Å². The van der Waals surface area contributed by atoms with Crippen molar-refractivity contribution in [2.24, 2.45) is 5.73 Å². The molecule has 1 saturated heterocycles. The third-order valence-electron chi connectivity index (χ3n) is 7.05. The molecule has 41 heavy (non-hydrogen) atoms. The molecule has 3 aromatic carbocycles. The van der Waals surface area contributed by atoms with E-state index >= 15 is 0 Å². The number of carbonyl (C=O) groups excluding carboxylic acids is 3. The molecule has 5 rings (SSSR count). The van der Waals surface area contributed by atoms with Gasteiger partial charge in [-0.05, 0) is 42.8 Å². The normalized spacial score (nSPS) is 14.9. The van der Waals surface area contributed by atoms with Crippen LogP contribution in [0, 0.1) is 0 Å². The molecule has 0 spiro atoms. The maximum atomic E-state index is 13.3. The molecular weight excluding hydrogens is 539 g/mol. The fourth-order valence-corrected chi connectivity index (χ4v) is 5.06. The van der Waals surface area contributed by atoms with Crippen LogP contribution in [0.3, 0.4) is 0 Å². The highest BCUT2D eigenvalue weighted by Gasteiger charge is 2.48. The Bertz CT molecular complexity index is 1610. The van der Waals surface area contributed by atoms with Crippen molar-refractivity contribution in [2.45, 2.75) is 32.0 Å². The SMILES string of the molecule is NC(=O)c1cccc2cn(-c3ccc(NC(=O)c4ccccc4C[N+]4(OC(=O)C(F)(F)F)CCCCC4)cc3)nc12. The predicted molar refractivity (Wildman–Crippen MR) is 144 cm³/mol. The molecule has 0 aliphatic carbocycles. The lowest BCUT2D eigenvalue weighted by Crippen LogP contribution is -2.53. The number of rotatable bonds is 7. The van der Waals surface area contributed by atoms with E-state index in [4.69, 9.17) is 10.6 Å².